The molecule has 0 amide bonds. The second-order valence-corrected chi connectivity index (χ2v) is 7.06. The summed E-state index contributed by atoms with van der Waals surface area (Å²) in [6.07, 6.45) is 8.75. The van der Waals surface area contributed by atoms with Crippen LogP contribution >= 0.6 is 0 Å². The highest BCUT2D eigenvalue weighted by Gasteiger charge is 2.31. The maximum atomic E-state index is 13.1. The zero-order chi connectivity index (χ0) is 16.9. The van der Waals surface area contributed by atoms with Gasteiger partial charge in [0, 0.05) is 24.6 Å². The molecule has 132 valence electrons. The van der Waals surface area contributed by atoms with Gasteiger partial charge < -0.3 is 9.47 Å². The summed E-state index contributed by atoms with van der Waals surface area (Å²) in [4.78, 5) is 15.6. The van der Waals surface area contributed by atoms with Crippen molar-refractivity contribution >= 4 is 5.78 Å². The van der Waals surface area contributed by atoms with Gasteiger partial charge in [0.05, 0.1) is 19.8 Å². The lowest BCUT2D eigenvalue weighted by Crippen LogP contribution is -2.45. The van der Waals surface area contributed by atoms with E-state index in [-0.39, 0.29) is 11.7 Å². The normalized spacial score (nSPS) is 23.0. The van der Waals surface area contributed by atoms with Gasteiger partial charge in [0.25, 0.3) is 0 Å². The molecule has 24 heavy (non-hydrogen) atoms. The molecule has 1 aliphatic carbocycles. The largest absolute Gasteiger partial charge is 0.497 e. The van der Waals surface area contributed by atoms with Crippen molar-refractivity contribution in [1.29, 1.82) is 0 Å². The monoisotopic (exact) mass is 331 g/mol. The summed E-state index contributed by atoms with van der Waals surface area (Å²) < 4.78 is 10.7. The zero-order valence-corrected chi connectivity index (χ0v) is 14.9. The van der Waals surface area contributed by atoms with Crippen LogP contribution in [-0.2, 0) is 0 Å². The number of hydrogen-bond donors (Lipinski definition) is 0. The summed E-state index contributed by atoms with van der Waals surface area (Å²) in [5.74, 6) is 1.64. The van der Waals surface area contributed by atoms with Gasteiger partial charge in [0.15, 0.2) is 5.78 Å². The summed E-state index contributed by atoms with van der Waals surface area (Å²) >= 11 is 0. The second kappa shape index (κ2) is 8.02. The Labute approximate surface area is 145 Å². The third-order valence-corrected chi connectivity index (χ3v) is 5.59. The first-order valence-electron chi connectivity index (χ1n) is 9.23. The van der Waals surface area contributed by atoms with Crippen molar-refractivity contribution in [3.05, 3.63) is 23.8 Å². The van der Waals surface area contributed by atoms with E-state index in [2.05, 4.69) is 4.90 Å². The first-order chi connectivity index (χ1) is 11.7. The van der Waals surface area contributed by atoms with Gasteiger partial charge in [-0.15, -0.1) is 0 Å². The molecule has 2 fully saturated rings. The fourth-order valence-corrected chi connectivity index (χ4v) is 4.22. The number of likely N-dealkylation sites (tertiary alicyclic amines) is 1. The molecule has 0 N–H and O–H groups in total. The highest BCUT2D eigenvalue weighted by Crippen LogP contribution is 2.32. The van der Waals surface area contributed by atoms with Gasteiger partial charge in [-0.3, -0.25) is 9.69 Å². The maximum Gasteiger partial charge on any atom is 0.170 e. The highest BCUT2D eigenvalue weighted by atomic mass is 16.5. The first-order valence-corrected chi connectivity index (χ1v) is 9.23. The molecule has 0 radical (unpaired) electrons. The average molecular weight is 331 g/mol. The van der Waals surface area contributed by atoms with E-state index < -0.39 is 0 Å². The lowest BCUT2D eigenvalue weighted by molar-refractivity contribution is 0.0695. The summed E-state index contributed by atoms with van der Waals surface area (Å²) in [5, 5.41) is 0. The zero-order valence-electron chi connectivity index (χ0n) is 14.9. The molecule has 1 aliphatic heterocycles. The summed E-state index contributed by atoms with van der Waals surface area (Å²) in [7, 11) is 3.24. The van der Waals surface area contributed by atoms with Crippen LogP contribution in [0.3, 0.4) is 0 Å². The Balaban J connectivity index is 1.72. The van der Waals surface area contributed by atoms with Crippen LogP contribution in [0.15, 0.2) is 18.2 Å². The van der Waals surface area contributed by atoms with Gasteiger partial charge in [-0.05, 0) is 44.4 Å². The Hall–Kier alpha value is -1.55. The number of rotatable bonds is 5. The molecule has 0 spiro atoms. The van der Waals surface area contributed by atoms with Gasteiger partial charge in [-0.2, -0.15) is 0 Å². The highest BCUT2D eigenvalue weighted by molar-refractivity contribution is 6.00. The smallest absolute Gasteiger partial charge is 0.170 e. The van der Waals surface area contributed by atoms with Crippen molar-refractivity contribution in [2.75, 3.05) is 27.3 Å². The quantitative estimate of drug-likeness (QED) is 0.766. The van der Waals surface area contributed by atoms with Crippen LogP contribution in [0.25, 0.3) is 0 Å². The van der Waals surface area contributed by atoms with E-state index in [1.165, 1.54) is 32.1 Å². The number of nitrogens with zero attached hydrogens (tertiary/aromatic N) is 1. The molecule has 4 nitrogen and oxygen atoms in total. The van der Waals surface area contributed by atoms with Crippen LogP contribution in [0, 0.1) is 5.92 Å². The molecule has 0 unspecified atom stereocenters. The number of carbonyl (C=O) groups is 1. The molecule has 1 atom stereocenters. The molecular weight excluding hydrogens is 302 g/mol. The fourth-order valence-electron chi connectivity index (χ4n) is 4.22. The Morgan fingerprint density at radius 1 is 1.04 bits per heavy atom. The summed E-state index contributed by atoms with van der Waals surface area (Å²) in [6, 6.07) is 6.18. The van der Waals surface area contributed by atoms with Crippen molar-refractivity contribution in [2.45, 2.75) is 51.0 Å². The SMILES string of the molecule is COc1ccc(C(=O)[C@@H]2CCCN(C3CCCCC3)C2)c(OC)c1. The number of methoxy groups -OCH3 is 2. The molecule has 1 saturated heterocycles. The summed E-state index contributed by atoms with van der Waals surface area (Å²) in [5.41, 5.74) is 0.689. The second-order valence-electron chi connectivity index (χ2n) is 7.06. The minimum Gasteiger partial charge on any atom is -0.497 e. The van der Waals surface area contributed by atoms with Gasteiger partial charge in [0.1, 0.15) is 11.5 Å². The van der Waals surface area contributed by atoms with Crippen LogP contribution in [0.1, 0.15) is 55.3 Å². The van der Waals surface area contributed by atoms with Gasteiger partial charge in [0.2, 0.25) is 0 Å². The van der Waals surface area contributed by atoms with Crippen molar-refractivity contribution < 1.29 is 14.3 Å². The van der Waals surface area contributed by atoms with Crippen LogP contribution in [-0.4, -0.2) is 44.0 Å². The van der Waals surface area contributed by atoms with Gasteiger partial charge in [-0.1, -0.05) is 19.3 Å². The number of hydrogen-bond acceptors (Lipinski definition) is 4. The average Bonchev–Trinajstić information content (AvgIpc) is 2.67. The van der Waals surface area contributed by atoms with E-state index >= 15 is 0 Å². The third kappa shape index (κ3) is 3.75. The topological polar surface area (TPSA) is 38.8 Å². The molecule has 0 aromatic heterocycles. The summed E-state index contributed by atoms with van der Waals surface area (Å²) in [6.45, 7) is 2.05. The van der Waals surface area contributed by atoms with Crippen LogP contribution in [0.4, 0.5) is 0 Å². The van der Waals surface area contributed by atoms with Crippen molar-refractivity contribution in [1.82, 2.24) is 4.90 Å². The Morgan fingerprint density at radius 2 is 1.83 bits per heavy atom. The lowest BCUT2D eigenvalue weighted by Gasteiger charge is -2.39. The van der Waals surface area contributed by atoms with Crippen molar-refractivity contribution in [3.63, 3.8) is 0 Å². The first kappa shape index (κ1) is 17.3. The number of carbonyl (C=O) groups excluding carboxylic acids is 1. The predicted octanol–water partition coefficient (Wildman–Crippen LogP) is 3.93. The maximum absolute atomic E-state index is 13.1. The molecule has 0 bridgehead atoms. The predicted molar refractivity (Wildman–Crippen MR) is 95.0 cm³/mol. The van der Waals surface area contributed by atoms with Crippen LogP contribution in [0.2, 0.25) is 0 Å². The number of piperidine rings is 1. The fraction of sp³-hybridized carbons (Fsp3) is 0.650. The van der Waals surface area contributed by atoms with Crippen LogP contribution in [0.5, 0.6) is 11.5 Å². The third-order valence-electron chi connectivity index (χ3n) is 5.59. The van der Waals surface area contributed by atoms with Crippen LogP contribution < -0.4 is 9.47 Å². The molecule has 1 saturated carbocycles. The van der Waals surface area contributed by atoms with E-state index in [9.17, 15) is 4.79 Å². The standard InChI is InChI=1S/C20H29NO3/c1-23-17-10-11-18(19(13-17)24-2)20(22)15-7-6-12-21(14-15)16-8-4-3-5-9-16/h10-11,13,15-16H,3-9,12,14H2,1-2H3/t15-/m1/s1. The number of Topliss-reactive ketones (excluding diaryl/α,β-unsaturated/α-hetero) is 1. The van der Waals surface area contributed by atoms with Crippen molar-refractivity contribution in [2.24, 2.45) is 5.92 Å². The number of ketones is 1. The van der Waals surface area contributed by atoms with Crippen molar-refractivity contribution in [3.8, 4) is 11.5 Å². The van der Waals surface area contributed by atoms with E-state index in [0.29, 0.717) is 17.4 Å². The van der Waals surface area contributed by atoms with E-state index in [4.69, 9.17) is 9.47 Å². The Bertz CT molecular complexity index is 566. The Morgan fingerprint density at radius 3 is 2.54 bits per heavy atom. The Kier molecular flexibility index (Phi) is 5.77. The van der Waals surface area contributed by atoms with E-state index in [1.54, 1.807) is 20.3 Å². The molecule has 1 heterocycles. The molecule has 1 aromatic rings. The molecule has 3 rings (SSSR count). The lowest BCUT2D eigenvalue weighted by atomic mass is 9.86. The van der Waals surface area contributed by atoms with E-state index in [1.807, 2.05) is 12.1 Å². The minimum atomic E-state index is 0.0861. The van der Waals surface area contributed by atoms with E-state index in [0.717, 1.165) is 31.7 Å². The molecule has 2 aliphatic rings. The number of ether oxygens (including phenoxy) is 2. The minimum absolute atomic E-state index is 0.0861. The molecule has 4 heteroatoms. The molecule has 1 aromatic carbocycles. The van der Waals surface area contributed by atoms with Gasteiger partial charge >= 0.3 is 0 Å². The molecular formula is C20H29NO3. The van der Waals surface area contributed by atoms with Gasteiger partial charge in [-0.25, -0.2) is 0 Å². The number of benzene rings is 1.